The van der Waals surface area contributed by atoms with E-state index in [4.69, 9.17) is 0 Å². The Kier molecular flexibility index (Phi) is 8.01. The number of carbonyl (C=O) groups excluding carboxylic acids is 2. The lowest BCUT2D eigenvalue weighted by Gasteiger charge is -2.09. The third kappa shape index (κ3) is 8.68. The molecule has 28 heavy (non-hydrogen) atoms. The summed E-state index contributed by atoms with van der Waals surface area (Å²) in [5.41, 5.74) is 2.25. The van der Waals surface area contributed by atoms with Crippen LogP contribution in [-0.2, 0) is 33.9 Å². The molecule has 2 aromatic carbocycles. The summed E-state index contributed by atoms with van der Waals surface area (Å²) in [6.07, 6.45) is -4.15. The molecule has 0 radical (unpaired) electrons. The lowest BCUT2D eigenvalue weighted by molar-refractivity contribution is -0.176. The van der Waals surface area contributed by atoms with E-state index in [1.165, 1.54) is 0 Å². The van der Waals surface area contributed by atoms with Crippen molar-refractivity contribution in [2.75, 3.05) is 13.2 Å². The predicted octanol–water partition coefficient (Wildman–Crippen LogP) is 2.74. The Morgan fingerprint density at radius 2 is 1.46 bits per heavy atom. The summed E-state index contributed by atoms with van der Waals surface area (Å²) in [5.74, 6) is -0.580. The van der Waals surface area contributed by atoms with E-state index in [1.807, 2.05) is 30.3 Å². The summed E-state index contributed by atoms with van der Waals surface area (Å²) in [4.78, 5) is 23.6. The van der Waals surface area contributed by atoms with Crippen molar-refractivity contribution in [1.29, 1.82) is 0 Å². The molecule has 8 heteroatoms. The second kappa shape index (κ2) is 10.5. The van der Waals surface area contributed by atoms with Gasteiger partial charge in [0.2, 0.25) is 11.8 Å². The van der Waals surface area contributed by atoms with Crippen LogP contribution < -0.4 is 10.6 Å². The highest BCUT2D eigenvalue weighted by molar-refractivity contribution is 5.85. The Labute approximate surface area is 160 Å². The Morgan fingerprint density at radius 1 is 0.821 bits per heavy atom. The van der Waals surface area contributed by atoms with Crippen LogP contribution in [0, 0.1) is 0 Å². The van der Waals surface area contributed by atoms with Crippen LogP contribution >= 0.6 is 0 Å². The van der Waals surface area contributed by atoms with E-state index in [2.05, 4.69) is 15.4 Å². The maximum Gasteiger partial charge on any atom is 0.411 e. The first-order valence-electron chi connectivity index (χ1n) is 8.61. The minimum absolute atomic E-state index is 0.130. The van der Waals surface area contributed by atoms with Gasteiger partial charge < -0.3 is 15.4 Å². The molecule has 0 saturated heterocycles. The first-order chi connectivity index (χ1) is 13.3. The van der Waals surface area contributed by atoms with Crippen LogP contribution in [0.4, 0.5) is 13.2 Å². The van der Waals surface area contributed by atoms with E-state index in [-0.39, 0.29) is 37.9 Å². The van der Waals surface area contributed by atoms with Crippen molar-refractivity contribution in [3.63, 3.8) is 0 Å². The number of nitrogens with one attached hydrogen (secondary N) is 2. The van der Waals surface area contributed by atoms with Gasteiger partial charge in [-0.25, -0.2) is 0 Å². The van der Waals surface area contributed by atoms with Gasteiger partial charge in [-0.3, -0.25) is 9.59 Å². The molecule has 0 aromatic heterocycles. The fourth-order valence-corrected chi connectivity index (χ4v) is 2.32. The van der Waals surface area contributed by atoms with Crippen molar-refractivity contribution in [3.05, 3.63) is 71.3 Å². The van der Waals surface area contributed by atoms with E-state index in [0.717, 1.165) is 11.1 Å². The molecule has 0 fully saturated rings. The van der Waals surface area contributed by atoms with Gasteiger partial charge in [0.25, 0.3) is 0 Å². The number of benzene rings is 2. The van der Waals surface area contributed by atoms with Crippen LogP contribution in [0.1, 0.15) is 16.7 Å². The SMILES string of the molecule is O=C(CNC(=O)Cc1ccccc1)NCc1ccc(COCC(F)(F)F)cc1. The van der Waals surface area contributed by atoms with Crippen LogP contribution in [0.15, 0.2) is 54.6 Å². The van der Waals surface area contributed by atoms with Crippen LogP contribution in [0.3, 0.4) is 0 Å². The van der Waals surface area contributed by atoms with Gasteiger partial charge in [0.05, 0.1) is 19.6 Å². The molecule has 0 aliphatic rings. The third-order valence-electron chi connectivity index (χ3n) is 3.70. The molecule has 150 valence electrons. The summed E-state index contributed by atoms with van der Waals surface area (Å²) in [6.45, 7) is -1.31. The Morgan fingerprint density at radius 3 is 2.11 bits per heavy atom. The Bertz CT molecular complexity index is 763. The molecular formula is C20H21F3N2O3. The maximum absolute atomic E-state index is 12.0. The van der Waals surface area contributed by atoms with Crippen LogP contribution in [0.5, 0.6) is 0 Å². The normalized spacial score (nSPS) is 11.1. The van der Waals surface area contributed by atoms with Crippen molar-refractivity contribution < 1.29 is 27.5 Å². The van der Waals surface area contributed by atoms with Crippen molar-refractivity contribution in [1.82, 2.24) is 10.6 Å². The van der Waals surface area contributed by atoms with Crippen molar-refractivity contribution in [2.45, 2.75) is 25.7 Å². The van der Waals surface area contributed by atoms with Crippen LogP contribution in [-0.4, -0.2) is 31.1 Å². The fraction of sp³-hybridized carbons (Fsp3) is 0.300. The van der Waals surface area contributed by atoms with Gasteiger partial charge in [0, 0.05) is 6.54 Å². The van der Waals surface area contributed by atoms with Gasteiger partial charge in [0.15, 0.2) is 0 Å². The molecular weight excluding hydrogens is 373 g/mol. The maximum atomic E-state index is 12.0. The monoisotopic (exact) mass is 394 g/mol. The van der Waals surface area contributed by atoms with E-state index in [1.54, 1.807) is 24.3 Å². The first kappa shape index (κ1) is 21.4. The molecule has 0 heterocycles. The highest BCUT2D eigenvalue weighted by Crippen LogP contribution is 2.15. The largest absolute Gasteiger partial charge is 0.411 e. The summed E-state index contributed by atoms with van der Waals surface area (Å²) in [6, 6.07) is 15.9. The number of carbonyl (C=O) groups is 2. The second-order valence-electron chi connectivity index (χ2n) is 6.14. The first-order valence-corrected chi connectivity index (χ1v) is 8.61. The molecule has 0 atom stereocenters. The highest BCUT2D eigenvalue weighted by atomic mass is 19.4. The number of halogens is 3. The average molecular weight is 394 g/mol. The molecule has 2 amide bonds. The zero-order valence-electron chi connectivity index (χ0n) is 15.1. The molecule has 0 aliphatic heterocycles. The fourth-order valence-electron chi connectivity index (χ4n) is 2.32. The lowest BCUT2D eigenvalue weighted by atomic mass is 10.1. The average Bonchev–Trinajstić information content (AvgIpc) is 2.65. The molecule has 0 unspecified atom stereocenters. The van der Waals surface area contributed by atoms with E-state index < -0.39 is 12.8 Å². The minimum Gasteiger partial charge on any atom is -0.367 e. The topological polar surface area (TPSA) is 67.4 Å². The zero-order chi connectivity index (χ0) is 20.4. The Balaban J connectivity index is 1.66. The Hall–Kier alpha value is -2.87. The van der Waals surface area contributed by atoms with Gasteiger partial charge in [-0.1, -0.05) is 54.6 Å². The van der Waals surface area contributed by atoms with Gasteiger partial charge in [-0.05, 0) is 16.7 Å². The second-order valence-corrected chi connectivity index (χ2v) is 6.14. The van der Waals surface area contributed by atoms with Crippen molar-refractivity contribution >= 4 is 11.8 Å². The van der Waals surface area contributed by atoms with Gasteiger partial charge in [0.1, 0.15) is 6.61 Å². The molecule has 2 rings (SSSR count). The molecule has 2 N–H and O–H groups in total. The van der Waals surface area contributed by atoms with E-state index >= 15 is 0 Å². The summed E-state index contributed by atoms with van der Waals surface area (Å²) in [5, 5.41) is 5.22. The standard InChI is InChI=1S/C20H21F3N2O3/c21-20(22,23)14-28-13-17-8-6-16(7-9-17)11-24-19(27)12-25-18(26)10-15-4-2-1-3-5-15/h1-9H,10-14H2,(H,24,27)(H,25,26). The molecule has 0 bridgehead atoms. The molecule has 0 spiro atoms. The number of hydrogen-bond donors (Lipinski definition) is 2. The van der Waals surface area contributed by atoms with E-state index in [9.17, 15) is 22.8 Å². The number of rotatable bonds is 9. The van der Waals surface area contributed by atoms with Gasteiger partial charge >= 0.3 is 6.18 Å². The van der Waals surface area contributed by atoms with E-state index in [0.29, 0.717) is 5.56 Å². The number of ether oxygens (including phenoxy) is 1. The number of hydrogen-bond acceptors (Lipinski definition) is 3. The quantitative estimate of drug-likeness (QED) is 0.687. The minimum atomic E-state index is -4.35. The summed E-state index contributed by atoms with van der Waals surface area (Å²) >= 11 is 0. The van der Waals surface area contributed by atoms with Gasteiger partial charge in [-0.15, -0.1) is 0 Å². The predicted molar refractivity (Wildman–Crippen MR) is 97.2 cm³/mol. The smallest absolute Gasteiger partial charge is 0.367 e. The number of alkyl halides is 3. The zero-order valence-corrected chi connectivity index (χ0v) is 15.1. The summed E-state index contributed by atoms with van der Waals surface area (Å²) < 4.78 is 40.7. The molecule has 0 saturated carbocycles. The van der Waals surface area contributed by atoms with Crippen molar-refractivity contribution in [2.24, 2.45) is 0 Å². The van der Waals surface area contributed by atoms with Crippen molar-refractivity contribution in [3.8, 4) is 0 Å². The molecule has 2 aromatic rings. The van der Waals surface area contributed by atoms with Crippen LogP contribution in [0.25, 0.3) is 0 Å². The summed E-state index contributed by atoms with van der Waals surface area (Å²) in [7, 11) is 0. The lowest BCUT2D eigenvalue weighted by Crippen LogP contribution is -2.37. The third-order valence-corrected chi connectivity index (χ3v) is 3.70. The van der Waals surface area contributed by atoms with Gasteiger partial charge in [-0.2, -0.15) is 13.2 Å². The number of amides is 2. The molecule has 0 aliphatic carbocycles. The molecule has 5 nitrogen and oxygen atoms in total. The highest BCUT2D eigenvalue weighted by Gasteiger charge is 2.27. The van der Waals surface area contributed by atoms with Crippen LogP contribution in [0.2, 0.25) is 0 Å².